The van der Waals surface area contributed by atoms with E-state index in [9.17, 15) is 0 Å². The molecule has 0 amide bonds. The van der Waals surface area contributed by atoms with Crippen molar-refractivity contribution in [3.8, 4) is 0 Å². The van der Waals surface area contributed by atoms with Crippen molar-refractivity contribution < 1.29 is 0 Å². The molecule has 13 heavy (non-hydrogen) atoms. The van der Waals surface area contributed by atoms with Gasteiger partial charge in [0.05, 0.1) is 0 Å². The van der Waals surface area contributed by atoms with Crippen LogP contribution in [0.3, 0.4) is 0 Å². The number of benzene rings is 1. The first-order valence-corrected chi connectivity index (χ1v) is 5.34. The standard InChI is InChI=1S/C11H16BrN/c1-7(2)11(13)10-8(3)5-4-6-9(10)12/h4-7,11H,13H2,1-3H3. The predicted molar refractivity (Wildman–Crippen MR) is 60.6 cm³/mol. The Labute approximate surface area is 88.5 Å². The lowest BCUT2D eigenvalue weighted by molar-refractivity contribution is 0.510. The molecule has 0 aromatic heterocycles. The van der Waals surface area contributed by atoms with E-state index < -0.39 is 0 Å². The summed E-state index contributed by atoms with van der Waals surface area (Å²) in [5, 5.41) is 0. The van der Waals surface area contributed by atoms with E-state index in [1.165, 1.54) is 11.1 Å². The van der Waals surface area contributed by atoms with Crippen LogP contribution in [0.25, 0.3) is 0 Å². The van der Waals surface area contributed by atoms with Gasteiger partial charge in [0.2, 0.25) is 0 Å². The van der Waals surface area contributed by atoms with Gasteiger partial charge in [-0.3, -0.25) is 0 Å². The first-order chi connectivity index (χ1) is 6.04. The average molecular weight is 242 g/mol. The van der Waals surface area contributed by atoms with Gasteiger partial charge >= 0.3 is 0 Å². The van der Waals surface area contributed by atoms with Gasteiger partial charge in [-0.2, -0.15) is 0 Å². The fourth-order valence-electron chi connectivity index (χ4n) is 1.40. The first-order valence-electron chi connectivity index (χ1n) is 4.54. The zero-order valence-electron chi connectivity index (χ0n) is 8.34. The molecule has 2 heteroatoms. The molecule has 0 aliphatic rings. The molecule has 0 saturated carbocycles. The summed E-state index contributed by atoms with van der Waals surface area (Å²) in [6.07, 6.45) is 0. The molecule has 0 heterocycles. The summed E-state index contributed by atoms with van der Waals surface area (Å²) in [7, 11) is 0. The fourth-order valence-corrected chi connectivity index (χ4v) is 2.13. The summed E-state index contributed by atoms with van der Waals surface area (Å²) in [5.41, 5.74) is 8.60. The van der Waals surface area contributed by atoms with E-state index in [2.05, 4.69) is 42.8 Å². The summed E-state index contributed by atoms with van der Waals surface area (Å²) in [6.45, 7) is 6.38. The molecule has 1 unspecified atom stereocenters. The highest BCUT2D eigenvalue weighted by molar-refractivity contribution is 9.10. The lowest BCUT2D eigenvalue weighted by Crippen LogP contribution is -2.18. The van der Waals surface area contributed by atoms with Gasteiger partial charge in [0.1, 0.15) is 0 Å². The minimum Gasteiger partial charge on any atom is -0.324 e. The second kappa shape index (κ2) is 4.25. The van der Waals surface area contributed by atoms with Crippen molar-refractivity contribution in [1.29, 1.82) is 0 Å². The smallest absolute Gasteiger partial charge is 0.0332 e. The van der Waals surface area contributed by atoms with Gasteiger partial charge < -0.3 is 5.73 Å². The maximum atomic E-state index is 6.11. The normalized spacial score (nSPS) is 13.4. The Bertz CT molecular complexity index is 274. The monoisotopic (exact) mass is 241 g/mol. The molecule has 2 N–H and O–H groups in total. The minimum absolute atomic E-state index is 0.121. The van der Waals surface area contributed by atoms with E-state index in [0.717, 1.165) is 4.47 Å². The molecule has 0 fully saturated rings. The van der Waals surface area contributed by atoms with Crippen molar-refractivity contribution in [1.82, 2.24) is 0 Å². The molecule has 0 radical (unpaired) electrons. The zero-order valence-corrected chi connectivity index (χ0v) is 9.93. The summed E-state index contributed by atoms with van der Waals surface area (Å²) < 4.78 is 1.12. The Kier molecular flexibility index (Phi) is 3.51. The van der Waals surface area contributed by atoms with E-state index in [1.54, 1.807) is 0 Å². The van der Waals surface area contributed by atoms with Crippen LogP contribution in [0.1, 0.15) is 31.0 Å². The van der Waals surface area contributed by atoms with Crippen LogP contribution in [0.5, 0.6) is 0 Å². The number of hydrogen-bond donors (Lipinski definition) is 1. The average Bonchev–Trinajstić information content (AvgIpc) is 2.03. The van der Waals surface area contributed by atoms with Crippen molar-refractivity contribution in [3.05, 3.63) is 33.8 Å². The Hall–Kier alpha value is -0.340. The SMILES string of the molecule is Cc1cccc(Br)c1C(N)C(C)C. The van der Waals surface area contributed by atoms with E-state index >= 15 is 0 Å². The van der Waals surface area contributed by atoms with Crippen molar-refractivity contribution in [2.24, 2.45) is 11.7 Å². The van der Waals surface area contributed by atoms with Crippen LogP contribution in [0.2, 0.25) is 0 Å². The van der Waals surface area contributed by atoms with Crippen LogP contribution in [-0.4, -0.2) is 0 Å². The van der Waals surface area contributed by atoms with E-state index in [-0.39, 0.29) is 6.04 Å². The summed E-state index contributed by atoms with van der Waals surface area (Å²) in [4.78, 5) is 0. The third-order valence-corrected chi connectivity index (χ3v) is 3.01. The molecule has 0 spiro atoms. The maximum Gasteiger partial charge on any atom is 0.0332 e. The van der Waals surface area contributed by atoms with Gasteiger partial charge in [-0.15, -0.1) is 0 Å². The lowest BCUT2D eigenvalue weighted by atomic mass is 9.94. The van der Waals surface area contributed by atoms with Gasteiger partial charge in [0.15, 0.2) is 0 Å². The van der Waals surface area contributed by atoms with E-state index in [1.807, 2.05) is 12.1 Å². The molecule has 1 aromatic rings. The number of halogens is 1. The highest BCUT2D eigenvalue weighted by Gasteiger charge is 2.15. The van der Waals surface area contributed by atoms with Gasteiger partial charge in [-0.1, -0.05) is 41.9 Å². The highest BCUT2D eigenvalue weighted by Crippen LogP contribution is 2.29. The third-order valence-electron chi connectivity index (χ3n) is 2.32. The maximum absolute atomic E-state index is 6.11. The summed E-state index contributed by atoms with van der Waals surface area (Å²) in [6, 6.07) is 6.30. The minimum atomic E-state index is 0.121. The molecular weight excluding hydrogens is 226 g/mol. The van der Waals surface area contributed by atoms with E-state index in [0.29, 0.717) is 5.92 Å². The molecular formula is C11H16BrN. The molecule has 1 rings (SSSR count). The lowest BCUT2D eigenvalue weighted by Gasteiger charge is -2.19. The van der Waals surface area contributed by atoms with Crippen molar-refractivity contribution in [3.63, 3.8) is 0 Å². The summed E-state index contributed by atoms with van der Waals surface area (Å²) >= 11 is 3.54. The van der Waals surface area contributed by atoms with Crippen molar-refractivity contribution in [2.45, 2.75) is 26.8 Å². The van der Waals surface area contributed by atoms with Crippen LogP contribution >= 0.6 is 15.9 Å². The highest BCUT2D eigenvalue weighted by atomic mass is 79.9. The van der Waals surface area contributed by atoms with Gasteiger partial charge in [-0.05, 0) is 30.0 Å². The second-order valence-corrected chi connectivity index (χ2v) is 4.59. The van der Waals surface area contributed by atoms with Crippen LogP contribution in [0.4, 0.5) is 0 Å². The van der Waals surface area contributed by atoms with Gasteiger partial charge in [0.25, 0.3) is 0 Å². The van der Waals surface area contributed by atoms with Crippen LogP contribution in [0, 0.1) is 12.8 Å². The first kappa shape index (κ1) is 10.7. The molecule has 0 aliphatic heterocycles. The van der Waals surface area contributed by atoms with Crippen LogP contribution in [-0.2, 0) is 0 Å². The number of aryl methyl sites for hydroxylation is 1. The molecule has 0 saturated heterocycles. The molecule has 0 aliphatic carbocycles. The van der Waals surface area contributed by atoms with E-state index in [4.69, 9.17) is 5.73 Å². The van der Waals surface area contributed by atoms with Crippen molar-refractivity contribution in [2.75, 3.05) is 0 Å². The Morgan fingerprint density at radius 2 is 1.92 bits per heavy atom. The third kappa shape index (κ3) is 2.32. The largest absolute Gasteiger partial charge is 0.324 e. The summed E-state index contributed by atoms with van der Waals surface area (Å²) in [5.74, 6) is 0.470. The Morgan fingerprint density at radius 1 is 1.31 bits per heavy atom. The van der Waals surface area contributed by atoms with Crippen LogP contribution < -0.4 is 5.73 Å². The second-order valence-electron chi connectivity index (χ2n) is 3.74. The van der Waals surface area contributed by atoms with Gasteiger partial charge in [-0.25, -0.2) is 0 Å². The van der Waals surface area contributed by atoms with Gasteiger partial charge in [0, 0.05) is 10.5 Å². The molecule has 1 atom stereocenters. The van der Waals surface area contributed by atoms with Crippen LogP contribution in [0.15, 0.2) is 22.7 Å². The number of rotatable bonds is 2. The number of nitrogens with two attached hydrogens (primary N) is 1. The number of hydrogen-bond acceptors (Lipinski definition) is 1. The Balaban J connectivity index is 3.12. The zero-order chi connectivity index (χ0) is 10.0. The molecule has 72 valence electrons. The fraction of sp³-hybridized carbons (Fsp3) is 0.455. The Morgan fingerprint density at radius 3 is 2.38 bits per heavy atom. The topological polar surface area (TPSA) is 26.0 Å². The van der Waals surface area contributed by atoms with Crippen molar-refractivity contribution >= 4 is 15.9 Å². The predicted octanol–water partition coefficient (Wildman–Crippen LogP) is 3.41. The molecule has 0 bridgehead atoms. The quantitative estimate of drug-likeness (QED) is 0.844. The molecule has 1 nitrogen and oxygen atoms in total. The molecule has 1 aromatic carbocycles.